The van der Waals surface area contributed by atoms with E-state index in [9.17, 15) is 0 Å². The Morgan fingerprint density at radius 2 is 2.00 bits per heavy atom. The largest absolute Gasteiger partial charge is 0.382 e. The Labute approximate surface area is 132 Å². The predicted octanol–water partition coefficient (Wildman–Crippen LogP) is 3.54. The Morgan fingerprint density at radius 3 is 2.67 bits per heavy atom. The highest BCUT2D eigenvalue weighted by Gasteiger charge is 2.28. The second kappa shape index (κ2) is 9.81. The molecule has 1 N–H and O–H groups in total. The molecule has 0 spiro atoms. The van der Waals surface area contributed by atoms with Gasteiger partial charge in [-0.15, -0.1) is 0 Å². The summed E-state index contributed by atoms with van der Waals surface area (Å²) in [5.41, 5.74) is 0.469. The van der Waals surface area contributed by atoms with Crippen molar-refractivity contribution in [2.24, 2.45) is 11.3 Å². The monoisotopic (exact) mass is 298 g/mol. The Morgan fingerprint density at radius 1 is 1.24 bits per heavy atom. The quantitative estimate of drug-likeness (QED) is 0.694. The van der Waals surface area contributed by atoms with Crippen LogP contribution in [0.1, 0.15) is 60.3 Å². The van der Waals surface area contributed by atoms with Gasteiger partial charge in [-0.1, -0.05) is 20.8 Å². The average Bonchev–Trinajstić information content (AvgIpc) is 2.68. The molecule has 1 fully saturated rings. The SMILES string of the molecule is CCOCCCNCC(C)N1CCCC(C(C)(C)C)CC1. The molecule has 0 bridgehead atoms. The van der Waals surface area contributed by atoms with Gasteiger partial charge in [0.25, 0.3) is 0 Å². The molecular weight excluding hydrogens is 260 g/mol. The minimum Gasteiger partial charge on any atom is -0.382 e. The lowest BCUT2D eigenvalue weighted by Crippen LogP contribution is -2.41. The number of nitrogens with one attached hydrogen (secondary N) is 1. The number of hydrogen-bond acceptors (Lipinski definition) is 3. The lowest BCUT2D eigenvalue weighted by atomic mass is 9.77. The molecule has 3 nitrogen and oxygen atoms in total. The van der Waals surface area contributed by atoms with Crippen LogP contribution in [0, 0.1) is 11.3 Å². The molecule has 126 valence electrons. The van der Waals surface area contributed by atoms with Gasteiger partial charge in [-0.25, -0.2) is 0 Å². The lowest BCUT2D eigenvalue weighted by molar-refractivity contribution is 0.143. The van der Waals surface area contributed by atoms with Gasteiger partial charge in [0.15, 0.2) is 0 Å². The molecule has 1 aliphatic rings. The first-order chi connectivity index (χ1) is 9.95. The highest BCUT2D eigenvalue weighted by Crippen LogP contribution is 2.34. The van der Waals surface area contributed by atoms with Crippen LogP contribution in [0.2, 0.25) is 0 Å². The van der Waals surface area contributed by atoms with Crippen molar-refractivity contribution in [1.82, 2.24) is 10.2 Å². The van der Waals surface area contributed by atoms with Crippen molar-refractivity contribution < 1.29 is 4.74 Å². The van der Waals surface area contributed by atoms with Crippen molar-refractivity contribution in [3.8, 4) is 0 Å². The molecule has 0 aromatic carbocycles. The van der Waals surface area contributed by atoms with Crippen molar-refractivity contribution in [2.75, 3.05) is 39.4 Å². The third-order valence-corrected chi connectivity index (χ3v) is 4.90. The van der Waals surface area contributed by atoms with Gasteiger partial charge in [0.1, 0.15) is 0 Å². The van der Waals surface area contributed by atoms with Crippen LogP contribution in [0.15, 0.2) is 0 Å². The summed E-state index contributed by atoms with van der Waals surface area (Å²) >= 11 is 0. The highest BCUT2D eigenvalue weighted by molar-refractivity contribution is 4.81. The number of nitrogens with zero attached hydrogens (tertiary/aromatic N) is 1. The molecule has 0 radical (unpaired) electrons. The van der Waals surface area contributed by atoms with Crippen LogP contribution in [-0.4, -0.2) is 50.3 Å². The van der Waals surface area contributed by atoms with Crippen LogP contribution in [0.5, 0.6) is 0 Å². The molecule has 0 saturated carbocycles. The van der Waals surface area contributed by atoms with Crippen LogP contribution in [0.4, 0.5) is 0 Å². The van der Waals surface area contributed by atoms with Gasteiger partial charge in [0.2, 0.25) is 0 Å². The van der Waals surface area contributed by atoms with Gasteiger partial charge in [-0.3, -0.25) is 4.90 Å². The fourth-order valence-corrected chi connectivity index (χ4v) is 3.31. The third-order valence-electron chi connectivity index (χ3n) is 4.90. The first-order valence-electron chi connectivity index (χ1n) is 8.97. The first kappa shape index (κ1) is 18.9. The van der Waals surface area contributed by atoms with E-state index in [1.54, 1.807) is 0 Å². The van der Waals surface area contributed by atoms with Crippen LogP contribution >= 0.6 is 0 Å². The van der Waals surface area contributed by atoms with Gasteiger partial charge < -0.3 is 10.1 Å². The maximum absolute atomic E-state index is 5.37. The minimum atomic E-state index is 0.469. The molecule has 0 aromatic heterocycles. The van der Waals surface area contributed by atoms with E-state index in [1.165, 1.54) is 32.4 Å². The maximum Gasteiger partial charge on any atom is 0.0477 e. The summed E-state index contributed by atoms with van der Waals surface area (Å²) in [6.45, 7) is 18.1. The molecule has 0 amide bonds. The van der Waals surface area contributed by atoms with Crippen molar-refractivity contribution in [2.45, 2.75) is 66.3 Å². The zero-order valence-electron chi connectivity index (χ0n) is 15.1. The predicted molar refractivity (Wildman–Crippen MR) is 91.8 cm³/mol. The van der Waals surface area contributed by atoms with Crippen LogP contribution in [0.25, 0.3) is 0 Å². The third kappa shape index (κ3) is 7.62. The summed E-state index contributed by atoms with van der Waals surface area (Å²) in [5, 5.41) is 3.58. The van der Waals surface area contributed by atoms with E-state index < -0.39 is 0 Å². The normalized spacial score (nSPS) is 23.0. The Hall–Kier alpha value is -0.120. The number of ether oxygens (including phenoxy) is 1. The molecule has 2 unspecified atom stereocenters. The molecule has 1 heterocycles. The Bertz CT molecular complexity index is 262. The van der Waals surface area contributed by atoms with Crippen molar-refractivity contribution >= 4 is 0 Å². The van der Waals surface area contributed by atoms with Gasteiger partial charge in [-0.2, -0.15) is 0 Å². The second-order valence-electron chi connectivity index (χ2n) is 7.63. The smallest absolute Gasteiger partial charge is 0.0477 e. The fourth-order valence-electron chi connectivity index (χ4n) is 3.31. The summed E-state index contributed by atoms with van der Waals surface area (Å²) in [4.78, 5) is 2.68. The molecule has 1 rings (SSSR count). The van der Waals surface area contributed by atoms with Gasteiger partial charge in [-0.05, 0) is 70.5 Å². The molecule has 0 aromatic rings. The standard InChI is InChI=1S/C18H38N2O/c1-6-21-14-8-11-19-15-16(2)20-12-7-9-17(10-13-20)18(3,4)5/h16-17,19H,6-15H2,1-5H3. The van der Waals surface area contributed by atoms with E-state index in [2.05, 4.69) is 44.8 Å². The maximum atomic E-state index is 5.37. The lowest BCUT2D eigenvalue weighted by Gasteiger charge is -2.31. The Balaban J connectivity index is 2.21. The number of rotatable bonds is 8. The summed E-state index contributed by atoms with van der Waals surface area (Å²) < 4.78 is 5.37. The number of hydrogen-bond donors (Lipinski definition) is 1. The molecule has 2 atom stereocenters. The van der Waals surface area contributed by atoms with E-state index >= 15 is 0 Å². The van der Waals surface area contributed by atoms with E-state index in [0.717, 1.165) is 38.6 Å². The van der Waals surface area contributed by atoms with Gasteiger partial charge >= 0.3 is 0 Å². The van der Waals surface area contributed by atoms with Crippen LogP contribution in [-0.2, 0) is 4.74 Å². The fraction of sp³-hybridized carbons (Fsp3) is 1.00. The molecule has 1 saturated heterocycles. The topological polar surface area (TPSA) is 24.5 Å². The van der Waals surface area contributed by atoms with Gasteiger partial charge in [0, 0.05) is 25.8 Å². The van der Waals surface area contributed by atoms with E-state index in [-0.39, 0.29) is 0 Å². The average molecular weight is 299 g/mol. The molecule has 0 aliphatic carbocycles. The first-order valence-corrected chi connectivity index (χ1v) is 8.97. The number of likely N-dealkylation sites (tertiary alicyclic amines) is 1. The molecule has 3 heteroatoms. The zero-order valence-corrected chi connectivity index (χ0v) is 15.1. The summed E-state index contributed by atoms with van der Waals surface area (Å²) in [6.07, 6.45) is 5.23. The summed E-state index contributed by atoms with van der Waals surface area (Å²) in [5.74, 6) is 0.883. The van der Waals surface area contributed by atoms with Crippen molar-refractivity contribution in [1.29, 1.82) is 0 Å². The summed E-state index contributed by atoms with van der Waals surface area (Å²) in [6, 6.07) is 0.649. The van der Waals surface area contributed by atoms with E-state index in [0.29, 0.717) is 11.5 Å². The molecule has 21 heavy (non-hydrogen) atoms. The van der Waals surface area contributed by atoms with Crippen LogP contribution < -0.4 is 5.32 Å². The van der Waals surface area contributed by atoms with E-state index in [4.69, 9.17) is 4.74 Å². The van der Waals surface area contributed by atoms with Crippen molar-refractivity contribution in [3.05, 3.63) is 0 Å². The zero-order chi connectivity index (χ0) is 15.7. The minimum absolute atomic E-state index is 0.469. The summed E-state index contributed by atoms with van der Waals surface area (Å²) in [7, 11) is 0. The Kier molecular flexibility index (Phi) is 8.84. The van der Waals surface area contributed by atoms with Gasteiger partial charge in [0.05, 0.1) is 0 Å². The molecular formula is C18H38N2O. The van der Waals surface area contributed by atoms with Crippen LogP contribution in [0.3, 0.4) is 0 Å². The highest BCUT2D eigenvalue weighted by atomic mass is 16.5. The second-order valence-corrected chi connectivity index (χ2v) is 7.63. The molecule has 1 aliphatic heterocycles. The van der Waals surface area contributed by atoms with Crippen molar-refractivity contribution in [3.63, 3.8) is 0 Å². The van der Waals surface area contributed by atoms with E-state index in [1.807, 2.05) is 0 Å².